The van der Waals surface area contributed by atoms with E-state index < -0.39 is 6.10 Å². The number of hydrogen-bond acceptors (Lipinski definition) is 4. The van der Waals surface area contributed by atoms with Crippen molar-refractivity contribution in [1.82, 2.24) is 0 Å². The lowest BCUT2D eigenvalue weighted by atomic mass is 10.1. The van der Waals surface area contributed by atoms with Crippen LogP contribution < -0.4 is 19.7 Å². The van der Waals surface area contributed by atoms with Gasteiger partial charge in [-0.3, -0.25) is 9.59 Å². The SMILES string of the molecule is CCOc1ccccc1NC(=O)c1ccc2c(c1)OC(C)C(=O)N2C. The fourth-order valence-corrected chi connectivity index (χ4v) is 2.70. The summed E-state index contributed by atoms with van der Waals surface area (Å²) >= 11 is 0. The molecule has 0 aliphatic carbocycles. The Morgan fingerprint density at radius 3 is 2.80 bits per heavy atom. The minimum atomic E-state index is -0.575. The van der Waals surface area contributed by atoms with Gasteiger partial charge in [0.25, 0.3) is 11.8 Å². The van der Waals surface area contributed by atoms with E-state index >= 15 is 0 Å². The highest BCUT2D eigenvalue weighted by atomic mass is 16.5. The van der Waals surface area contributed by atoms with Crippen LogP contribution in [0.15, 0.2) is 42.5 Å². The van der Waals surface area contributed by atoms with Gasteiger partial charge in [0.15, 0.2) is 6.10 Å². The first-order chi connectivity index (χ1) is 12.0. The maximum absolute atomic E-state index is 12.6. The van der Waals surface area contributed by atoms with Gasteiger partial charge in [0.2, 0.25) is 0 Å². The number of carbonyl (C=O) groups is 2. The van der Waals surface area contributed by atoms with Crippen LogP contribution in [-0.4, -0.2) is 31.6 Å². The maximum atomic E-state index is 12.6. The molecule has 0 radical (unpaired) electrons. The molecule has 130 valence electrons. The zero-order chi connectivity index (χ0) is 18.0. The van der Waals surface area contributed by atoms with Gasteiger partial charge < -0.3 is 19.7 Å². The largest absolute Gasteiger partial charge is 0.492 e. The molecule has 6 heteroatoms. The summed E-state index contributed by atoms with van der Waals surface area (Å²) in [5.41, 5.74) is 1.70. The number of nitrogens with one attached hydrogen (secondary N) is 1. The molecule has 1 N–H and O–H groups in total. The van der Waals surface area contributed by atoms with E-state index in [0.717, 1.165) is 0 Å². The van der Waals surface area contributed by atoms with Crippen molar-refractivity contribution in [2.24, 2.45) is 0 Å². The molecular weight excluding hydrogens is 320 g/mol. The number of likely N-dealkylation sites (N-methyl/N-ethyl adjacent to an activating group) is 1. The van der Waals surface area contributed by atoms with Gasteiger partial charge >= 0.3 is 0 Å². The summed E-state index contributed by atoms with van der Waals surface area (Å²) in [6, 6.07) is 12.3. The Hall–Kier alpha value is -3.02. The molecule has 0 saturated carbocycles. The molecule has 1 unspecified atom stereocenters. The maximum Gasteiger partial charge on any atom is 0.267 e. The highest BCUT2D eigenvalue weighted by molar-refractivity contribution is 6.06. The zero-order valence-corrected chi connectivity index (χ0v) is 14.4. The van der Waals surface area contributed by atoms with E-state index in [9.17, 15) is 9.59 Å². The lowest BCUT2D eigenvalue weighted by molar-refractivity contribution is -0.125. The molecule has 2 aromatic rings. The van der Waals surface area contributed by atoms with Crippen molar-refractivity contribution in [3.8, 4) is 11.5 Å². The quantitative estimate of drug-likeness (QED) is 0.929. The van der Waals surface area contributed by atoms with Gasteiger partial charge in [0, 0.05) is 12.6 Å². The van der Waals surface area contributed by atoms with Crippen molar-refractivity contribution in [3.63, 3.8) is 0 Å². The van der Waals surface area contributed by atoms with E-state index in [2.05, 4.69) is 5.32 Å². The third-order valence-corrected chi connectivity index (χ3v) is 4.00. The average Bonchev–Trinajstić information content (AvgIpc) is 2.61. The predicted molar refractivity (Wildman–Crippen MR) is 95.5 cm³/mol. The number of amides is 2. The van der Waals surface area contributed by atoms with E-state index in [-0.39, 0.29) is 11.8 Å². The molecule has 25 heavy (non-hydrogen) atoms. The van der Waals surface area contributed by atoms with E-state index in [1.165, 1.54) is 4.90 Å². The number of para-hydroxylation sites is 2. The Kier molecular flexibility index (Phi) is 4.61. The second-order valence-electron chi connectivity index (χ2n) is 5.72. The van der Waals surface area contributed by atoms with Gasteiger partial charge in [-0.1, -0.05) is 12.1 Å². The van der Waals surface area contributed by atoms with Gasteiger partial charge in [-0.05, 0) is 44.2 Å². The van der Waals surface area contributed by atoms with Crippen LogP contribution in [0.25, 0.3) is 0 Å². The van der Waals surface area contributed by atoms with Crippen molar-refractivity contribution >= 4 is 23.2 Å². The number of nitrogens with zero attached hydrogens (tertiary/aromatic N) is 1. The topological polar surface area (TPSA) is 67.9 Å². The summed E-state index contributed by atoms with van der Waals surface area (Å²) in [6.07, 6.45) is -0.575. The zero-order valence-electron chi connectivity index (χ0n) is 14.4. The molecule has 1 aliphatic heterocycles. The first-order valence-corrected chi connectivity index (χ1v) is 8.12. The van der Waals surface area contributed by atoms with Gasteiger partial charge in [-0.25, -0.2) is 0 Å². The molecule has 0 saturated heterocycles. The summed E-state index contributed by atoms with van der Waals surface area (Å²) in [7, 11) is 1.69. The number of rotatable bonds is 4. The third kappa shape index (κ3) is 3.28. The fourth-order valence-electron chi connectivity index (χ4n) is 2.70. The Labute approximate surface area is 146 Å². The van der Waals surface area contributed by atoms with E-state index in [4.69, 9.17) is 9.47 Å². The Balaban J connectivity index is 1.85. The Morgan fingerprint density at radius 2 is 2.04 bits per heavy atom. The molecule has 0 aromatic heterocycles. The third-order valence-electron chi connectivity index (χ3n) is 4.00. The normalized spacial score (nSPS) is 16.0. The predicted octanol–water partition coefficient (Wildman–Crippen LogP) is 3.08. The molecule has 2 aromatic carbocycles. The van der Waals surface area contributed by atoms with Gasteiger partial charge in [-0.2, -0.15) is 0 Å². The van der Waals surface area contributed by atoms with Crippen molar-refractivity contribution in [1.29, 1.82) is 0 Å². The highest BCUT2D eigenvalue weighted by Gasteiger charge is 2.29. The summed E-state index contributed by atoms with van der Waals surface area (Å²) in [4.78, 5) is 26.1. The van der Waals surface area contributed by atoms with Gasteiger partial charge in [0.05, 0.1) is 18.0 Å². The molecule has 1 heterocycles. The average molecular weight is 340 g/mol. The van der Waals surface area contributed by atoms with Crippen LogP contribution in [0, 0.1) is 0 Å². The number of hydrogen-bond donors (Lipinski definition) is 1. The molecule has 0 spiro atoms. The number of fused-ring (bicyclic) bond motifs is 1. The lowest BCUT2D eigenvalue weighted by Crippen LogP contribution is -2.42. The molecule has 1 aliphatic rings. The minimum absolute atomic E-state index is 0.115. The smallest absolute Gasteiger partial charge is 0.267 e. The standard InChI is InChI=1S/C19H20N2O4/c1-4-24-16-8-6-5-7-14(16)20-18(22)13-9-10-15-17(11-13)25-12(2)19(23)21(15)3/h5-12H,4H2,1-3H3,(H,20,22). The van der Waals surface area contributed by atoms with Crippen LogP contribution in [0.2, 0.25) is 0 Å². The van der Waals surface area contributed by atoms with Crippen molar-refractivity contribution in [3.05, 3.63) is 48.0 Å². The lowest BCUT2D eigenvalue weighted by Gasteiger charge is -2.30. The summed E-state index contributed by atoms with van der Waals surface area (Å²) in [5, 5.41) is 2.85. The molecule has 1 atom stereocenters. The number of anilines is 2. The fraction of sp³-hybridized carbons (Fsp3) is 0.263. The van der Waals surface area contributed by atoms with Crippen LogP contribution >= 0.6 is 0 Å². The first kappa shape index (κ1) is 16.8. The number of carbonyl (C=O) groups excluding carboxylic acids is 2. The number of ether oxygens (including phenoxy) is 2. The van der Waals surface area contributed by atoms with Crippen molar-refractivity contribution < 1.29 is 19.1 Å². The summed E-state index contributed by atoms with van der Waals surface area (Å²) in [6.45, 7) is 4.09. The van der Waals surface area contributed by atoms with E-state index in [1.807, 2.05) is 19.1 Å². The van der Waals surface area contributed by atoms with E-state index in [0.29, 0.717) is 35.0 Å². The monoisotopic (exact) mass is 340 g/mol. The molecular formula is C19H20N2O4. The summed E-state index contributed by atoms with van der Waals surface area (Å²) in [5.74, 6) is 0.743. The van der Waals surface area contributed by atoms with Crippen molar-refractivity contribution in [2.45, 2.75) is 20.0 Å². The second-order valence-corrected chi connectivity index (χ2v) is 5.72. The molecule has 0 fully saturated rings. The Morgan fingerprint density at radius 1 is 1.28 bits per heavy atom. The van der Waals surface area contributed by atoms with Crippen molar-refractivity contribution in [2.75, 3.05) is 23.9 Å². The van der Waals surface area contributed by atoms with E-state index in [1.54, 1.807) is 44.3 Å². The molecule has 3 rings (SSSR count). The first-order valence-electron chi connectivity index (χ1n) is 8.12. The highest BCUT2D eigenvalue weighted by Crippen LogP contribution is 2.34. The van der Waals surface area contributed by atoms with Crippen LogP contribution in [0.5, 0.6) is 11.5 Å². The Bertz CT molecular complexity index is 819. The van der Waals surface area contributed by atoms with Crippen LogP contribution in [0.1, 0.15) is 24.2 Å². The van der Waals surface area contributed by atoms with Crippen LogP contribution in [-0.2, 0) is 4.79 Å². The molecule has 0 bridgehead atoms. The molecule has 6 nitrogen and oxygen atoms in total. The summed E-state index contributed by atoms with van der Waals surface area (Å²) < 4.78 is 11.1. The van der Waals surface area contributed by atoms with Crippen LogP contribution in [0.4, 0.5) is 11.4 Å². The van der Waals surface area contributed by atoms with Gasteiger partial charge in [-0.15, -0.1) is 0 Å². The molecule has 2 amide bonds. The minimum Gasteiger partial charge on any atom is -0.492 e. The number of benzene rings is 2. The van der Waals surface area contributed by atoms with Crippen LogP contribution in [0.3, 0.4) is 0 Å². The second kappa shape index (κ2) is 6.84. The van der Waals surface area contributed by atoms with Gasteiger partial charge in [0.1, 0.15) is 11.5 Å².